The third kappa shape index (κ3) is 4.60. The largest absolute Gasteiger partial charge is 0.507 e. The number of hydrogen-bond donors (Lipinski definition) is 2. The number of ether oxygens (including phenoxy) is 1. The zero-order chi connectivity index (χ0) is 17.6. The second-order valence-electron chi connectivity index (χ2n) is 6.38. The fourth-order valence-electron chi connectivity index (χ4n) is 3.37. The van der Waals surface area contributed by atoms with Crippen LogP contribution < -0.4 is 4.90 Å². The van der Waals surface area contributed by atoms with Crippen molar-refractivity contribution in [2.45, 2.75) is 19.0 Å². The summed E-state index contributed by atoms with van der Waals surface area (Å²) in [6.45, 7) is 5.64. The van der Waals surface area contributed by atoms with Crippen molar-refractivity contribution < 1.29 is 14.7 Å². The van der Waals surface area contributed by atoms with Crippen molar-refractivity contribution in [2.24, 2.45) is 4.99 Å². The van der Waals surface area contributed by atoms with E-state index in [0.29, 0.717) is 10.6 Å². The maximum atomic E-state index is 9.98. The first-order valence-corrected chi connectivity index (χ1v) is 9.02. The minimum Gasteiger partial charge on any atom is -0.507 e. The van der Waals surface area contributed by atoms with E-state index in [1.54, 1.807) is 24.4 Å². The normalized spacial score (nSPS) is 18.3. The number of nitrogens with one attached hydrogen (secondary N) is 1. The highest BCUT2D eigenvalue weighted by Gasteiger charge is 2.30. The molecule has 5 heteroatoms. The summed E-state index contributed by atoms with van der Waals surface area (Å²) in [7, 11) is 0. The Bertz CT molecular complexity index is 715. The number of benzene rings is 2. The van der Waals surface area contributed by atoms with E-state index in [1.165, 1.54) is 10.5 Å². The van der Waals surface area contributed by atoms with Crippen LogP contribution in [-0.2, 0) is 4.74 Å². The van der Waals surface area contributed by atoms with Crippen molar-refractivity contribution in [3.05, 3.63) is 64.7 Å². The van der Waals surface area contributed by atoms with Crippen molar-refractivity contribution in [3.8, 4) is 5.75 Å². The molecule has 4 nitrogen and oxygen atoms in total. The first kappa shape index (κ1) is 17.9. The van der Waals surface area contributed by atoms with Crippen LogP contribution in [0.1, 0.15) is 24.1 Å². The number of phenolic OH excluding ortho intramolecular Hbond substituents is 1. The summed E-state index contributed by atoms with van der Waals surface area (Å²) in [6.07, 6.45) is 1.72. The Morgan fingerprint density at radius 2 is 1.88 bits per heavy atom. The SMILES string of the molecule is C[C@H](N=Cc1cc(Cl)ccc1O)[C@H](c1ccccc1)[NH+]1CCOCC1. The van der Waals surface area contributed by atoms with Gasteiger partial charge in [-0.25, -0.2) is 0 Å². The molecule has 2 aromatic rings. The first-order valence-electron chi connectivity index (χ1n) is 8.64. The van der Waals surface area contributed by atoms with Gasteiger partial charge in [0.15, 0.2) is 0 Å². The molecule has 0 bridgehead atoms. The molecule has 0 aliphatic carbocycles. The van der Waals surface area contributed by atoms with Gasteiger partial charge in [0, 0.05) is 22.4 Å². The highest BCUT2D eigenvalue weighted by atomic mass is 35.5. The van der Waals surface area contributed by atoms with Crippen LogP contribution in [0.4, 0.5) is 0 Å². The molecule has 1 fully saturated rings. The second kappa shape index (κ2) is 8.48. The molecule has 25 heavy (non-hydrogen) atoms. The molecular formula is C20H24ClN2O2+. The van der Waals surface area contributed by atoms with Crippen LogP contribution >= 0.6 is 11.6 Å². The molecule has 0 saturated carbocycles. The molecule has 1 saturated heterocycles. The fourth-order valence-corrected chi connectivity index (χ4v) is 3.55. The van der Waals surface area contributed by atoms with Crippen LogP contribution in [0.25, 0.3) is 0 Å². The lowest BCUT2D eigenvalue weighted by Crippen LogP contribution is -3.15. The Morgan fingerprint density at radius 1 is 1.16 bits per heavy atom. The van der Waals surface area contributed by atoms with Gasteiger partial charge in [-0.3, -0.25) is 4.99 Å². The van der Waals surface area contributed by atoms with Gasteiger partial charge in [-0.1, -0.05) is 41.9 Å². The highest BCUT2D eigenvalue weighted by molar-refractivity contribution is 6.30. The monoisotopic (exact) mass is 359 g/mol. The number of nitrogens with zero attached hydrogens (tertiary/aromatic N) is 1. The van der Waals surface area contributed by atoms with E-state index in [9.17, 15) is 5.11 Å². The topological polar surface area (TPSA) is 46.3 Å². The zero-order valence-corrected chi connectivity index (χ0v) is 15.1. The van der Waals surface area contributed by atoms with Crippen molar-refractivity contribution in [2.75, 3.05) is 26.3 Å². The number of halogens is 1. The standard InChI is InChI=1S/C20H23ClN2O2/c1-15(22-14-17-13-18(21)7-8-19(17)24)20(16-5-3-2-4-6-16)23-9-11-25-12-10-23/h2-8,13-15,20,24H,9-12H2,1H3/p+1/t15-,20+/m0/s1. The maximum absolute atomic E-state index is 9.98. The molecule has 1 aliphatic rings. The quantitative estimate of drug-likeness (QED) is 0.806. The van der Waals surface area contributed by atoms with Crippen molar-refractivity contribution in [3.63, 3.8) is 0 Å². The Kier molecular flexibility index (Phi) is 6.08. The molecule has 0 aromatic heterocycles. The predicted octanol–water partition coefficient (Wildman–Crippen LogP) is 2.51. The summed E-state index contributed by atoms with van der Waals surface area (Å²) in [6, 6.07) is 15.8. The van der Waals surface area contributed by atoms with Crippen LogP contribution in [0.3, 0.4) is 0 Å². The van der Waals surface area contributed by atoms with E-state index in [1.807, 2.05) is 6.07 Å². The average molecular weight is 360 g/mol. The maximum Gasteiger partial charge on any atom is 0.136 e. The summed E-state index contributed by atoms with van der Waals surface area (Å²) < 4.78 is 5.52. The lowest BCUT2D eigenvalue weighted by Gasteiger charge is -2.33. The number of phenols is 1. The summed E-state index contributed by atoms with van der Waals surface area (Å²) in [5.41, 5.74) is 1.92. The number of morpholine rings is 1. The number of aliphatic imine (C=N–C) groups is 1. The zero-order valence-electron chi connectivity index (χ0n) is 14.4. The smallest absolute Gasteiger partial charge is 0.136 e. The van der Waals surface area contributed by atoms with Gasteiger partial charge >= 0.3 is 0 Å². The second-order valence-corrected chi connectivity index (χ2v) is 6.82. The molecule has 0 radical (unpaired) electrons. The van der Waals surface area contributed by atoms with Gasteiger partial charge in [-0.2, -0.15) is 0 Å². The number of hydrogen-bond acceptors (Lipinski definition) is 3. The first-order chi connectivity index (χ1) is 12.1. The molecule has 132 valence electrons. The number of quaternary nitrogens is 1. The van der Waals surface area contributed by atoms with Crippen LogP contribution in [0, 0.1) is 0 Å². The average Bonchev–Trinajstić information content (AvgIpc) is 2.64. The Morgan fingerprint density at radius 3 is 2.60 bits per heavy atom. The summed E-state index contributed by atoms with van der Waals surface area (Å²) in [5.74, 6) is 0.190. The van der Waals surface area contributed by atoms with E-state index in [-0.39, 0.29) is 17.8 Å². The summed E-state index contributed by atoms with van der Waals surface area (Å²) in [5, 5.41) is 10.6. The molecule has 0 unspecified atom stereocenters. The van der Waals surface area contributed by atoms with Gasteiger partial charge in [0.05, 0.1) is 13.2 Å². The Labute approximate surface area is 153 Å². The minimum atomic E-state index is 0.0638. The lowest BCUT2D eigenvalue weighted by atomic mass is 9.98. The van der Waals surface area contributed by atoms with E-state index in [0.717, 1.165) is 26.3 Å². The van der Waals surface area contributed by atoms with E-state index in [4.69, 9.17) is 21.3 Å². The molecule has 2 atom stereocenters. The number of aromatic hydroxyl groups is 1. The Balaban J connectivity index is 1.84. The minimum absolute atomic E-state index is 0.0638. The molecule has 2 N–H and O–H groups in total. The van der Waals surface area contributed by atoms with Gasteiger partial charge in [0.1, 0.15) is 30.9 Å². The van der Waals surface area contributed by atoms with Crippen LogP contribution in [0.5, 0.6) is 5.75 Å². The predicted molar refractivity (Wildman–Crippen MR) is 101 cm³/mol. The van der Waals surface area contributed by atoms with Gasteiger partial charge in [0.2, 0.25) is 0 Å². The molecule has 2 aromatic carbocycles. The van der Waals surface area contributed by atoms with Gasteiger partial charge in [-0.15, -0.1) is 0 Å². The van der Waals surface area contributed by atoms with Crippen LogP contribution in [0.15, 0.2) is 53.5 Å². The van der Waals surface area contributed by atoms with E-state index >= 15 is 0 Å². The molecular weight excluding hydrogens is 336 g/mol. The third-order valence-corrected chi connectivity index (χ3v) is 4.89. The number of rotatable bonds is 5. The van der Waals surface area contributed by atoms with Gasteiger partial charge in [-0.05, 0) is 25.1 Å². The molecule has 0 spiro atoms. The fraction of sp³-hybridized carbons (Fsp3) is 0.350. The van der Waals surface area contributed by atoms with E-state index < -0.39 is 0 Å². The van der Waals surface area contributed by atoms with Gasteiger partial charge in [0.25, 0.3) is 0 Å². The summed E-state index contributed by atoms with van der Waals surface area (Å²) >= 11 is 6.02. The Hall–Kier alpha value is -1.88. The molecule has 1 heterocycles. The van der Waals surface area contributed by atoms with Crippen molar-refractivity contribution in [1.82, 2.24) is 0 Å². The highest BCUT2D eigenvalue weighted by Crippen LogP contribution is 2.21. The third-order valence-electron chi connectivity index (χ3n) is 4.65. The van der Waals surface area contributed by atoms with Crippen LogP contribution in [0.2, 0.25) is 5.02 Å². The molecule has 3 rings (SSSR count). The molecule has 1 aliphatic heterocycles. The van der Waals surface area contributed by atoms with Gasteiger partial charge < -0.3 is 14.7 Å². The lowest BCUT2D eigenvalue weighted by molar-refractivity contribution is -0.940. The van der Waals surface area contributed by atoms with Crippen molar-refractivity contribution in [1.29, 1.82) is 0 Å². The van der Waals surface area contributed by atoms with Crippen LogP contribution in [-0.4, -0.2) is 43.7 Å². The van der Waals surface area contributed by atoms with Crippen molar-refractivity contribution >= 4 is 17.8 Å². The molecule has 0 amide bonds. The summed E-state index contributed by atoms with van der Waals surface area (Å²) in [4.78, 5) is 6.23. The van der Waals surface area contributed by atoms with E-state index in [2.05, 4.69) is 31.2 Å².